The molecule has 0 aliphatic rings. The second-order valence-corrected chi connectivity index (χ2v) is 72.8. The Balaban J connectivity index is 0.000000205. The molecular formula is C76H112Ge4N4+4. The normalized spacial score (nSPS) is 12.1. The molecule has 448 valence electrons. The van der Waals surface area contributed by atoms with E-state index in [1.54, 1.807) is 17.6 Å². The van der Waals surface area contributed by atoms with Gasteiger partial charge in [0.15, 0.2) is 0 Å². The summed E-state index contributed by atoms with van der Waals surface area (Å²) in [5.41, 5.74) is 21.8. The number of benzene rings is 4. The van der Waals surface area contributed by atoms with Gasteiger partial charge in [-0.1, -0.05) is 0 Å². The van der Waals surface area contributed by atoms with E-state index >= 15 is 0 Å². The van der Waals surface area contributed by atoms with Crippen molar-refractivity contribution in [3.63, 3.8) is 0 Å². The SMILES string of the molecule is Cc1cc(C(C)(C)C)ccc1-c1cc[c]([Ge]([CH3])([CH3])[CH3])c[n+]1C.Cc1cc(C(C)C)ccc1-c1cc[c]([Ge]([CH3])([CH3])[CH3])c[n+]1C.Cc1cc(CC(C)C)ccc1-c1cc[c]([Ge]([CH3])([CH3])[CH3])c[n+]1C.Cc1ccc(-c2cc[c]([Ge]([CH3])([CH3])[CH3])c[n+]2C)c(C)c1. The van der Waals surface area contributed by atoms with E-state index in [1.807, 2.05) is 0 Å². The zero-order chi connectivity index (χ0) is 63.2. The minimum atomic E-state index is -1.76. The molecule has 0 N–H and O–H groups in total. The van der Waals surface area contributed by atoms with Crippen molar-refractivity contribution in [3.8, 4) is 45.0 Å². The fourth-order valence-corrected chi connectivity index (χ4v) is 20.6. The molecule has 4 aromatic carbocycles. The van der Waals surface area contributed by atoms with E-state index in [2.05, 4.69) is 345 Å². The van der Waals surface area contributed by atoms with E-state index < -0.39 is 53.1 Å². The van der Waals surface area contributed by atoms with Crippen LogP contribution in [0.5, 0.6) is 0 Å². The van der Waals surface area contributed by atoms with Crippen LogP contribution in [0, 0.1) is 40.5 Å². The maximum atomic E-state index is 2.45. The summed E-state index contributed by atoms with van der Waals surface area (Å²) in [6.45, 7) is 26.9. The van der Waals surface area contributed by atoms with Crippen molar-refractivity contribution in [2.24, 2.45) is 34.1 Å². The number of aryl methyl sites for hydroxylation is 9. The summed E-state index contributed by atoms with van der Waals surface area (Å²) in [6, 6.07) is 45.9. The topological polar surface area (TPSA) is 15.5 Å². The van der Waals surface area contributed by atoms with E-state index in [0.29, 0.717) is 11.8 Å². The van der Waals surface area contributed by atoms with Crippen LogP contribution in [0.2, 0.25) is 69.1 Å². The van der Waals surface area contributed by atoms with Gasteiger partial charge in [0.25, 0.3) is 0 Å². The number of hydrogen-bond acceptors (Lipinski definition) is 0. The quantitative estimate of drug-likeness (QED) is 0.0906. The molecule has 0 saturated heterocycles. The molecule has 0 radical (unpaired) electrons. The van der Waals surface area contributed by atoms with Crippen LogP contribution >= 0.6 is 0 Å². The Labute approximate surface area is 524 Å². The van der Waals surface area contributed by atoms with Gasteiger partial charge in [0.2, 0.25) is 0 Å². The zero-order valence-electron chi connectivity index (χ0n) is 58.0. The van der Waals surface area contributed by atoms with E-state index in [-0.39, 0.29) is 5.41 Å². The fraction of sp³-hybridized carbons (Fsp3) is 0.421. The average molecular weight is 1370 g/mol. The van der Waals surface area contributed by atoms with Gasteiger partial charge in [0.05, 0.1) is 0 Å². The van der Waals surface area contributed by atoms with Crippen LogP contribution in [-0.4, -0.2) is 53.1 Å². The van der Waals surface area contributed by atoms with Crippen molar-refractivity contribution >= 4 is 70.6 Å². The second kappa shape index (κ2) is 28.7. The van der Waals surface area contributed by atoms with Gasteiger partial charge in [-0.15, -0.1) is 0 Å². The number of rotatable bonds is 11. The molecule has 0 spiro atoms. The van der Waals surface area contributed by atoms with E-state index in [4.69, 9.17) is 0 Å². The molecular weight excluding hydrogens is 1260 g/mol. The summed E-state index contributed by atoms with van der Waals surface area (Å²) >= 11 is -6.99. The molecule has 0 saturated carbocycles. The van der Waals surface area contributed by atoms with Gasteiger partial charge in [0.1, 0.15) is 0 Å². The molecule has 0 aliphatic carbocycles. The van der Waals surface area contributed by atoms with Crippen molar-refractivity contribution < 1.29 is 18.3 Å². The van der Waals surface area contributed by atoms with Crippen LogP contribution in [0.3, 0.4) is 0 Å². The van der Waals surface area contributed by atoms with Crippen molar-refractivity contribution in [3.05, 3.63) is 191 Å². The molecule has 0 amide bonds. The minimum absolute atomic E-state index is 0.204. The number of nitrogens with zero attached hydrogens (tertiary/aromatic N) is 4. The van der Waals surface area contributed by atoms with Crippen molar-refractivity contribution in [2.45, 2.75) is 170 Å². The van der Waals surface area contributed by atoms with Crippen LogP contribution in [0.1, 0.15) is 98.9 Å². The summed E-state index contributed by atoms with van der Waals surface area (Å²) in [4.78, 5) is 0. The first-order chi connectivity index (χ1) is 38.7. The molecule has 4 nitrogen and oxygen atoms in total. The maximum absolute atomic E-state index is 2.45. The molecule has 0 aliphatic heterocycles. The summed E-state index contributed by atoms with van der Waals surface area (Å²) in [5.74, 6) is 30.6. The van der Waals surface area contributed by atoms with Crippen LogP contribution in [0.4, 0.5) is 0 Å². The Morgan fingerprint density at radius 3 is 0.940 bits per heavy atom. The van der Waals surface area contributed by atoms with Crippen LogP contribution in [-0.2, 0) is 40.0 Å². The molecule has 4 aromatic heterocycles. The molecule has 0 fully saturated rings. The number of hydrogen-bond donors (Lipinski definition) is 0. The van der Waals surface area contributed by atoms with Crippen molar-refractivity contribution in [2.75, 3.05) is 0 Å². The predicted octanol–water partition coefficient (Wildman–Crippen LogP) is 16.1. The van der Waals surface area contributed by atoms with E-state index in [9.17, 15) is 0 Å². The molecule has 4 heterocycles. The third-order valence-electron chi connectivity index (χ3n) is 16.4. The third-order valence-corrected chi connectivity index (χ3v) is 33.4. The Bertz CT molecular complexity index is 3490. The molecule has 8 heteroatoms. The molecule has 8 aromatic rings. The summed E-state index contributed by atoms with van der Waals surface area (Å²) in [5, 5.41) is 0. The number of pyridine rings is 4. The molecule has 0 unspecified atom stereocenters. The van der Waals surface area contributed by atoms with Gasteiger partial charge >= 0.3 is 529 Å². The first-order valence-electron chi connectivity index (χ1n) is 31.1. The molecule has 0 bridgehead atoms. The van der Waals surface area contributed by atoms with Gasteiger partial charge in [-0.2, -0.15) is 0 Å². The van der Waals surface area contributed by atoms with Gasteiger partial charge in [-0.25, -0.2) is 0 Å². The monoisotopic (exact) mass is 1380 g/mol. The Morgan fingerprint density at radius 1 is 0.357 bits per heavy atom. The Kier molecular flexibility index (Phi) is 24.0. The third kappa shape index (κ3) is 19.3. The standard InChI is InChI=1S/2C20H30GeN.C19H28GeN.C17H24GeN/c1-15-13-16(20(2,3)4)9-11-18(15)19-12-10-17(14-22(19)8)21(5,6)7;1-15(2)12-17-8-10-19(16(3)13-17)20-11-9-18(14-22(20)7)21(4,5)6;1-14(2)16-8-10-18(15(3)12-16)19-11-9-17(13-21(19)7)20(4,5)6;1-13-7-9-16(14(2)11-13)17-10-8-15(12-19(17)6)18(3,4)5/h9-14H,1-8H3;8-11,13-15H,12H2,1-7H3;8-14H,1-7H3;7-12H,1-6H3/q4*+1. The summed E-state index contributed by atoms with van der Waals surface area (Å²) in [6.07, 6.45) is 10.5. The molecule has 84 heavy (non-hydrogen) atoms. The van der Waals surface area contributed by atoms with E-state index in [1.165, 1.54) is 89.5 Å². The Morgan fingerprint density at radius 2 is 0.667 bits per heavy atom. The van der Waals surface area contributed by atoms with Crippen LogP contribution < -0.4 is 35.9 Å². The van der Waals surface area contributed by atoms with Crippen molar-refractivity contribution in [1.29, 1.82) is 0 Å². The number of aromatic nitrogens is 4. The summed E-state index contributed by atoms with van der Waals surface area (Å²) < 4.78 is 15.4. The van der Waals surface area contributed by atoms with Crippen molar-refractivity contribution in [1.82, 2.24) is 0 Å². The predicted molar refractivity (Wildman–Crippen MR) is 379 cm³/mol. The van der Waals surface area contributed by atoms with Crippen LogP contribution in [0.25, 0.3) is 45.0 Å². The first-order valence-corrected chi connectivity index (χ1v) is 60.4. The zero-order valence-corrected chi connectivity index (χ0v) is 66.4. The summed E-state index contributed by atoms with van der Waals surface area (Å²) in [7, 11) is 8.67. The van der Waals surface area contributed by atoms with Gasteiger partial charge in [0, 0.05) is 0 Å². The molecule has 0 atom stereocenters. The first kappa shape index (κ1) is 70.4. The second-order valence-electron chi connectivity index (χ2n) is 30.2. The van der Waals surface area contributed by atoms with E-state index in [0.717, 1.165) is 6.42 Å². The van der Waals surface area contributed by atoms with Gasteiger partial charge in [-0.05, 0) is 0 Å². The average Bonchev–Trinajstić information content (AvgIpc) is 3.59. The van der Waals surface area contributed by atoms with Crippen LogP contribution in [0.15, 0.2) is 146 Å². The Hall–Kier alpha value is -4.35. The van der Waals surface area contributed by atoms with Gasteiger partial charge in [-0.3, -0.25) is 0 Å². The molecule has 8 rings (SSSR count). The fourth-order valence-electron chi connectivity index (χ4n) is 10.8. The van der Waals surface area contributed by atoms with Gasteiger partial charge < -0.3 is 0 Å².